The highest BCUT2D eigenvalue weighted by Gasteiger charge is 2.42. The molecular formula is C14H24O3. The molecule has 0 aromatic rings. The van der Waals surface area contributed by atoms with E-state index in [1.54, 1.807) is 14.2 Å². The summed E-state index contributed by atoms with van der Waals surface area (Å²) >= 11 is 0. The Balaban J connectivity index is 2.02. The molecule has 2 aliphatic rings. The van der Waals surface area contributed by atoms with Gasteiger partial charge in [-0.05, 0) is 30.3 Å². The van der Waals surface area contributed by atoms with Crippen LogP contribution >= 0.6 is 0 Å². The molecule has 0 radical (unpaired) electrons. The van der Waals surface area contributed by atoms with Crippen molar-refractivity contribution in [1.82, 2.24) is 0 Å². The van der Waals surface area contributed by atoms with E-state index in [0.717, 1.165) is 13.2 Å². The smallest absolute Gasteiger partial charge is 0.0699 e. The molecule has 1 aliphatic carbocycles. The lowest BCUT2D eigenvalue weighted by molar-refractivity contribution is -0.00577. The third-order valence-corrected chi connectivity index (χ3v) is 4.25. The summed E-state index contributed by atoms with van der Waals surface area (Å²) in [6, 6.07) is 0. The van der Waals surface area contributed by atoms with Crippen LogP contribution in [0.5, 0.6) is 0 Å². The Morgan fingerprint density at radius 1 is 1.24 bits per heavy atom. The first-order chi connectivity index (χ1) is 8.27. The Labute approximate surface area is 104 Å². The van der Waals surface area contributed by atoms with Gasteiger partial charge in [0.1, 0.15) is 0 Å². The van der Waals surface area contributed by atoms with Crippen molar-refractivity contribution in [3.05, 3.63) is 12.2 Å². The van der Waals surface area contributed by atoms with Crippen molar-refractivity contribution in [2.24, 2.45) is 17.8 Å². The fourth-order valence-electron chi connectivity index (χ4n) is 3.39. The van der Waals surface area contributed by atoms with Crippen molar-refractivity contribution in [3.63, 3.8) is 0 Å². The first kappa shape index (κ1) is 13.1. The van der Waals surface area contributed by atoms with Crippen LogP contribution in [0.15, 0.2) is 12.2 Å². The molecule has 98 valence electrons. The molecule has 4 unspecified atom stereocenters. The summed E-state index contributed by atoms with van der Waals surface area (Å²) in [5, 5.41) is 0. The molecule has 1 saturated carbocycles. The van der Waals surface area contributed by atoms with Gasteiger partial charge in [-0.25, -0.2) is 0 Å². The summed E-state index contributed by atoms with van der Waals surface area (Å²) in [4.78, 5) is 0. The predicted molar refractivity (Wildman–Crippen MR) is 67.0 cm³/mol. The molecule has 1 aliphatic heterocycles. The zero-order chi connectivity index (χ0) is 12.3. The van der Waals surface area contributed by atoms with E-state index in [1.165, 1.54) is 24.8 Å². The van der Waals surface area contributed by atoms with Gasteiger partial charge >= 0.3 is 0 Å². The van der Waals surface area contributed by atoms with Crippen LogP contribution in [0.25, 0.3) is 0 Å². The summed E-state index contributed by atoms with van der Waals surface area (Å²) in [6.45, 7) is 6.41. The van der Waals surface area contributed by atoms with E-state index < -0.39 is 0 Å². The normalized spacial score (nSPS) is 37.9. The van der Waals surface area contributed by atoms with Crippen LogP contribution in [0.4, 0.5) is 0 Å². The van der Waals surface area contributed by atoms with Crippen LogP contribution in [0.3, 0.4) is 0 Å². The molecule has 0 bridgehead atoms. The fourth-order valence-corrected chi connectivity index (χ4v) is 3.39. The average molecular weight is 240 g/mol. The molecule has 3 heteroatoms. The van der Waals surface area contributed by atoms with Gasteiger partial charge in [0.05, 0.1) is 19.3 Å². The first-order valence-corrected chi connectivity index (χ1v) is 6.55. The average Bonchev–Trinajstić information content (AvgIpc) is 2.89. The second kappa shape index (κ2) is 5.98. The lowest BCUT2D eigenvalue weighted by atomic mass is 9.83. The van der Waals surface area contributed by atoms with Gasteiger partial charge in [-0.3, -0.25) is 0 Å². The maximum absolute atomic E-state index is 5.96. The highest BCUT2D eigenvalue weighted by atomic mass is 16.5. The predicted octanol–water partition coefficient (Wildman–Crippen LogP) is 2.27. The van der Waals surface area contributed by atoms with Gasteiger partial charge in [-0.2, -0.15) is 0 Å². The van der Waals surface area contributed by atoms with E-state index in [4.69, 9.17) is 14.2 Å². The molecule has 0 N–H and O–H groups in total. The highest BCUT2D eigenvalue weighted by Crippen LogP contribution is 2.42. The summed E-state index contributed by atoms with van der Waals surface area (Å²) < 4.78 is 16.6. The standard InChI is InChI=1S/C14H24O3/c1-10-7-17-14(13(10)9-16-3)12-6-4-5-11(12)8-15-2/h11-14H,1,4-9H2,2-3H3. The van der Waals surface area contributed by atoms with Crippen molar-refractivity contribution in [2.45, 2.75) is 25.4 Å². The Morgan fingerprint density at radius 2 is 2.00 bits per heavy atom. The minimum Gasteiger partial charge on any atom is -0.384 e. The topological polar surface area (TPSA) is 27.7 Å². The Morgan fingerprint density at radius 3 is 2.71 bits per heavy atom. The summed E-state index contributed by atoms with van der Waals surface area (Å²) in [5.74, 6) is 1.65. The molecule has 0 aromatic heterocycles. The Hall–Kier alpha value is -0.380. The van der Waals surface area contributed by atoms with Crippen LogP contribution in [-0.4, -0.2) is 40.1 Å². The third kappa shape index (κ3) is 2.72. The molecule has 1 heterocycles. The van der Waals surface area contributed by atoms with Crippen molar-refractivity contribution in [3.8, 4) is 0 Å². The molecule has 1 saturated heterocycles. The van der Waals surface area contributed by atoms with Gasteiger partial charge in [0.2, 0.25) is 0 Å². The zero-order valence-electron chi connectivity index (χ0n) is 11.0. The fraction of sp³-hybridized carbons (Fsp3) is 0.857. The van der Waals surface area contributed by atoms with Gasteiger partial charge < -0.3 is 14.2 Å². The molecule has 4 atom stereocenters. The van der Waals surface area contributed by atoms with E-state index in [-0.39, 0.29) is 0 Å². The van der Waals surface area contributed by atoms with Gasteiger partial charge in [-0.1, -0.05) is 13.0 Å². The number of methoxy groups -OCH3 is 2. The minimum absolute atomic E-state index is 0.296. The lowest BCUT2D eigenvalue weighted by Crippen LogP contribution is -2.33. The van der Waals surface area contributed by atoms with Crippen LogP contribution in [0.2, 0.25) is 0 Å². The Kier molecular flexibility index (Phi) is 4.60. The maximum atomic E-state index is 5.96. The van der Waals surface area contributed by atoms with Crippen LogP contribution in [-0.2, 0) is 14.2 Å². The molecule has 0 amide bonds. The number of rotatable bonds is 5. The molecular weight excluding hydrogens is 216 g/mol. The van der Waals surface area contributed by atoms with Gasteiger partial charge in [-0.15, -0.1) is 0 Å². The monoisotopic (exact) mass is 240 g/mol. The third-order valence-electron chi connectivity index (χ3n) is 4.25. The second-order valence-electron chi connectivity index (χ2n) is 5.31. The summed E-state index contributed by atoms with van der Waals surface area (Å²) in [7, 11) is 3.54. The van der Waals surface area contributed by atoms with Gasteiger partial charge in [0.25, 0.3) is 0 Å². The lowest BCUT2D eigenvalue weighted by Gasteiger charge is -2.28. The van der Waals surface area contributed by atoms with E-state index >= 15 is 0 Å². The number of ether oxygens (including phenoxy) is 3. The molecule has 2 rings (SSSR count). The van der Waals surface area contributed by atoms with Gasteiger partial charge in [0.15, 0.2) is 0 Å². The first-order valence-electron chi connectivity index (χ1n) is 6.55. The van der Waals surface area contributed by atoms with Crippen molar-refractivity contribution < 1.29 is 14.2 Å². The van der Waals surface area contributed by atoms with E-state index in [0.29, 0.717) is 30.5 Å². The molecule has 17 heavy (non-hydrogen) atoms. The van der Waals surface area contributed by atoms with Crippen LogP contribution < -0.4 is 0 Å². The molecule has 0 aromatic carbocycles. The molecule has 2 fully saturated rings. The Bertz CT molecular complexity index is 264. The van der Waals surface area contributed by atoms with Crippen LogP contribution in [0, 0.1) is 17.8 Å². The molecule has 0 spiro atoms. The van der Waals surface area contributed by atoms with Crippen molar-refractivity contribution >= 4 is 0 Å². The van der Waals surface area contributed by atoms with E-state index in [2.05, 4.69) is 6.58 Å². The van der Waals surface area contributed by atoms with Crippen molar-refractivity contribution in [2.75, 3.05) is 34.0 Å². The minimum atomic E-state index is 0.296. The highest BCUT2D eigenvalue weighted by molar-refractivity contribution is 5.11. The maximum Gasteiger partial charge on any atom is 0.0699 e. The molecule has 3 nitrogen and oxygen atoms in total. The van der Waals surface area contributed by atoms with E-state index in [1.807, 2.05) is 0 Å². The van der Waals surface area contributed by atoms with E-state index in [9.17, 15) is 0 Å². The number of hydrogen-bond acceptors (Lipinski definition) is 3. The van der Waals surface area contributed by atoms with Gasteiger partial charge in [0, 0.05) is 26.7 Å². The SMILES string of the molecule is C=C1COC(C2CCCC2COC)C1COC. The summed E-state index contributed by atoms with van der Waals surface area (Å²) in [6.07, 6.45) is 4.12. The summed E-state index contributed by atoms with van der Waals surface area (Å²) in [5.41, 5.74) is 1.19. The van der Waals surface area contributed by atoms with Crippen molar-refractivity contribution in [1.29, 1.82) is 0 Å². The quantitative estimate of drug-likeness (QED) is 0.690. The second-order valence-corrected chi connectivity index (χ2v) is 5.31. The largest absolute Gasteiger partial charge is 0.384 e. The van der Waals surface area contributed by atoms with Crippen LogP contribution in [0.1, 0.15) is 19.3 Å². The number of hydrogen-bond donors (Lipinski definition) is 0. The zero-order valence-corrected chi connectivity index (χ0v) is 11.0.